The maximum atomic E-state index is 10.5. The van der Waals surface area contributed by atoms with Crippen LogP contribution in [0.5, 0.6) is 5.75 Å². The molecule has 154 valence electrons. The molecule has 3 N–H and O–H groups in total. The largest absolute Gasteiger partial charge is 0.509 e. The van der Waals surface area contributed by atoms with E-state index in [1.807, 2.05) is 60.1 Å². The van der Waals surface area contributed by atoms with E-state index in [1.54, 1.807) is 13.3 Å². The average molecular weight is 430 g/mol. The first-order chi connectivity index (χ1) is 15.1. The van der Waals surface area contributed by atoms with Gasteiger partial charge >= 0.3 is 0 Å². The summed E-state index contributed by atoms with van der Waals surface area (Å²) >= 11 is 1.39. The molecule has 0 saturated heterocycles. The maximum Gasteiger partial charge on any atom is 0.155 e. The molecule has 7 nitrogen and oxygen atoms in total. The fourth-order valence-corrected chi connectivity index (χ4v) is 4.40. The van der Waals surface area contributed by atoms with Crippen LogP contribution >= 0.6 is 11.3 Å². The number of aliphatic hydroxyl groups excluding tert-OH is 1. The number of benzene rings is 2. The Morgan fingerprint density at radius 1 is 1.23 bits per heavy atom. The van der Waals surface area contributed by atoms with E-state index in [0.717, 1.165) is 33.5 Å². The minimum Gasteiger partial charge on any atom is -0.509 e. The summed E-state index contributed by atoms with van der Waals surface area (Å²) in [6.45, 7) is 0.143. The molecule has 31 heavy (non-hydrogen) atoms. The molecule has 0 bridgehead atoms. The molecule has 0 unspecified atom stereocenters. The molecule has 0 fully saturated rings. The first kappa shape index (κ1) is 19.1. The summed E-state index contributed by atoms with van der Waals surface area (Å²) in [6, 6.07) is 15.6. The molecule has 4 aromatic rings. The number of ether oxygens (including phenoxy) is 1. The number of para-hydroxylation sites is 1. The first-order valence-corrected chi connectivity index (χ1v) is 10.5. The van der Waals surface area contributed by atoms with Crippen LogP contribution in [-0.2, 0) is 0 Å². The Morgan fingerprint density at radius 3 is 2.84 bits per heavy atom. The van der Waals surface area contributed by atoms with Crippen molar-refractivity contribution in [3.8, 4) is 17.0 Å². The van der Waals surface area contributed by atoms with E-state index in [2.05, 4.69) is 15.1 Å². The predicted molar refractivity (Wildman–Crippen MR) is 124 cm³/mol. The van der Waals surface area contributed by atoms with Crippen molar-refractivity contribution in [1.82, 2.24) is 15.0 Å². The van der Waals surface area contributed by atoms with Gasteiger partial charge in [-0.15, -0.1) is 11.3 Å². The smallest absolute Gasteiger partial charge is 0.155 e. The molecule has 5 rings (SSSR count). The number of aromatic nitrogens is 2. The lowest BCUT2D eigenvalue weighted by Gasteiger charge is -2.10. The minimum atomic E-state index is 0.0942. The number of aromatic amines is 1. The molecule has 0 atom stereocenters. The molecule has 0 aliphatic carbocycles. The number of rotatable bonds is 5. The molecule has 2 aromatic carbocycles. The van der Waals surface area contributed by atoms with Gasteiger partial charge in [0.15, 0.2) is 5.84 Å². The monoisotopic (exact) mass is 429 g/mol. The van der Waals surface area contributed by atoms with Crippen LogP contribution in [0, 0.1) is 5.41 Å². The number of amidine groups is 1. The molecule has 0 radical (unpaired) electrons. The molecule has 0 spiro atoms. The zero-order valence-electron chi connectivity index (χ0n) is 16.7. The number of thiazole rings is 1. The molecule has 0 saturated carbocycles. The Kier molecular flexibility index (Phi) is 4.76. The molecule has 1 aliphatic heterocycles. The lowest BCUT2D eigenvalue weighted by atomic mass is 10.1. The molecule has 3 heterocycles. The van der Waals surface area contributed by atoms with Crippen molar-refractivity contribution in [2.24, 2.45) is 5.10 Å². The Morgan fingerprint density at radius 2 is 2.03 bits per heavy atom. The van der Waals surface area contributed by atoms with Gasteiger partial charge in [-0.1, -0.05) is 18.2 Å². The second kappa shape index (κ2) is 7.73. The lowest BCUT2D eigenvalue weighted by molar-refractivity contribution is 0.358. The highest BCUT2D eigenvalue weighted by Crippen LogP contribution is 2.32. The molecule has 1 aliphatic rings. The van der Waals surface area contributed by atoms with Gasteiger partial charge in [0.25, 0.3) is 0 Å². The van der Waals surface area contributed by atoms with Crippen molar-refractivity contribution in [2.75, 3.05) is 13.7 Å². The lowest BCUT2D eigenvalue weighted by Crippen LogP contribution is -2.20. The quantitative estimate of drug-likeness (QED) is 0.393. The highest BCUT2D eigenvalue weighted by atomic mass is 32.1. The molecular formula is C23H19N5O2S. The summed E-state index contributed by atoms with van der Waals surface area (Å²) in [7, 11) is 1.63. The highest BCUT2D eigenvalue weighted by molar-refractivity contribution is 7.11. The van der Waals surface area contributed by atoms with Gasteiger partial charge in [0.05, 0.1) is 24.6 Å². The normalized spacial score (nSPS) is 14.4. The van der Waals surface area contributed by atoms with Crippen LogP contribution in [0.15, 0.2) is 71.0 Å². The van der Waals surface area contributed by atoms with E-state index in [1.165, 1.54) is 16.3 Å². The number of hydrogen-bond donors (Lipinski definition) is 3. The fraction of sp³-hybridized carbons (Fsp3) is 0.0870. The van der Waals surface area contributed by atoms with Crippen LogP contribution in [0.3, 0.4) is 0 Å². The van der Waals surface area contributed by atoms with Crippen molar-refractivity contribution in [2.45, 2.75) is 0 Å². The minimum absolute atomic E-state index is 0.0942. The van der Waals surface area contributed by atoms with Crippen molar-refractivity contribution >= 4 is 39.9 Å². The summed E-state index contributed by atoms with van der Waals surface area (Å²) in [5, 5.41) is 28.5. The van der Waals surface area contributed by atoms with E-state index < -0.39 is 0 Å². The molecule has 2 aromatic heterocycles. The van der Waals surface area contributed by atoms with Crippen LogP contribution in [-0.4, -0.2) is 45.8 Å². The van der Waals surface area contributed by atoms with E-state index in [9.17, 15) is 5.11 Å². The Labute approximate surface area is 182 Å². The van der Waals surface area contributed by atoms with Crippen LogP contribution < -0.4 is 4.74 Å². The van der Waals surface area contributed by atoms with Gasteiger partial charge < -0.3 is 14.8 Å². The summed E-state index contributed by atoms with van der Waals surface area (Å²) < 4.78 is 5.20. The third-order valence-electron chi connectivity index (χ3n) is 5.14. The standard InChI is InChI=1S/C23H19N5O2S/c1-30-16-8-6-14(7-9-16)19-13-31-23(27-19)21-20(29)12-28(22(21)24)26-11-15-10-25-18-5-3-2-4-17(15)18/h2-11,13,24-25,29H,12H2,1H3. The fourth-order valence-electron chi connectivity index (χ4n) is 3.50. The zero-order chi connectivity index (χ0) is 21.4. The summed E-state index contributed by atoms with van der Waals surface area (Å²) in [5.74, 6) is 1.00. The van der Waals surface area contributed by atoms with E-state index in [-0.39, 0.29) is 18.1 Å². The van der Waals surface area contributed by atoms with Crippen molar-refractivity contribution in [3.05, 3.63) is 76.4 Å². The van der Waals surface area contributed by atoms with Gasteiger partial charge in [-0.2, -0.15) is 5.10 Å². The Hall–Kier alpha value is -3.91. The maximum absolute atomic E-state index is 10.5. The van der Waals surface area contributed by atoms with Gasteiger partial charge in [0.2, 0.25) is 0 Å². The SMILES string of the molecule is COc1ccc(-c2csc(C3=C(O)CN(N=Cc4c[nH]c5ccccc45)C3=N)n2)cc1. The zero-order valence-corrected chi connectivity index (χ0v) is 17.5. The molecule has 8 heteroatoms. The Bertz CT molecular complexity index is 1330. The second-order valence-corrected chi connectivity index (χ2v) is 7.89. The van der Waals surface area contributed by atoms with Crippen molar-refractivity contribution in [1.29, 1.82) is 5.41 Å². The number of hydrazone groups is 1. The first-order valence-electron chi connectivity index (χ1n) is 9.63. The van der Waals surface area contributed by atoms with E-state index in [4.69, 9.17) is 10.1 Å². The van der Waals surface area contributed by atoms with Gasteiger partial charge in [-0.3, -0.25) is 5.41 Å². The number of nitrogens with one attached hydrogen (secondary N) is 2. The number of fused-ring (bicyclic) bond motifs is 1. The number of hydrogen-bond acceptors (Lipinski definition) is 6. The second-order valence-electron chi connectivity index (χ2n) is 7.03. The van der Waals surface area contributed by atoms with E-state index >= 15 is 0 Å². The van der Waals surface area contributed by atoms with Gasteiger partial charge in [-0.05, 0) is 30.3 Å². The van der Waals surface area contributed by atoms with Gasteiger partial charge in [0.1, 0.15) is 23.1 Å². The van der Waals surface area contributed by atoms with Gasteiger partial charge in [-0.25, -0.2) is 9.99 Å². The number of H-pyrrole nitrogens is 1. The van der Waals surface area contributed by atoms with Crippen LogP contribution in [0.2, 0.25) is 0 Å². The molecule has 0 amide bonds. The third kappa shape index (κ3) is 3.47. The highest BCUT2D eigenvalue weighted by Gasteiger charge is 2.30. The van der Waals surface area contributed by atoms with Gasteiger partial charge in [0, 0.05) is 33.6 Å². The topological polar surface area (TPSA) is 97.6 Å². The predicted octanol–water partition coefficient (Wildman–Crippen LogP) is 4.90. The van der Waals surface area contributed by atoms with Crippen molar-refractivity contribution < 1.29 is 9.84 Å². The average Bonchev–Trinajstić information content (AvgIpc) is 3.50. The number of methoxy groups -OCH3 is 1. The number of aliphatic hydroxyl groups is 1. The summed E-state index contributed by atoms with van der Waals surface area (Å²) in [5.41, 5.74) is 4.10. The molecular weight excluding hydrogens is 410 g/mol. The Balaban J connectivity index is 1.37. The van der Waals surface area contributed by atoms with E-state index in [0.29, 0.717) is 10.6 Å². The summed E-state index contributed by atoms with van der Waals surface area (Å²) in [4.78, 5) is 7.84. The van der Waals surface area contributed by atoms with Crippen LogP contribution in [0.4, 0.5) is 0 Å². The summed E-state index contributed by atoms with van der Waals surface area (Å²) in [6.07, 6.45) is 3.58. The van der Waals surface area contributed by atoms with Crippen LogP contribution in [0.25, 0.3) is 27.7 Å². The van der Waals surface area contributed by atoms with Crippen molar-refractivity contribution in [3.63, 3.8) is 0 Å². The van der Waals surface area contributed by atoms with Crippen LogP contribution in [0.1, 0.15) is 10.6 Å². The number of nitrogens with zero attached hydrogens (tertiary/aromatic N) is 3. The third-order valence-corrected chi connectivity index (χ3v) is 6.00.